The van der Waals surface area contributed by atoms with Crippen molar-refractivity contribution in [2.45, 2.75) is 38.8 Å². The fraction of sp³-hybridized carbons (Fsp3) is 0.579. The number of ether oxygens (including phenoxy) is 1. The van der Waals surface area contributed by atoms with Crippen LogP contribution in [0.25, 0.3) is 0 Å². The van der Waals surface area contributed by atoms with Crippen molar-refractivity contribution >= 4 is 0 Å². The number of aromatic nitrogens is 3. The molecule has 2 atom stereocenters. The highest BCUT2D eigenvalue weighted by Gasteiger charge is 2.28. The first kappa shape index (κ1) is 15.8. The smallest absolute Gasteiger partial charge is 0.163 e. The monoisotopic (exact) mass is 326 g/mol. The number of morpholine rings is 1. The van der Waals surface area contributed by atoms with Crippen LogP contribution in [0.1, 0.15) is 36.4 Å². The predicted octanol–water partition coefficient (Wildman–Crippen LogP) is 2.48. The van der Waals surface area contributed by atoms with Gasteiger partial charge in [0.25, 0.3) is 0 Å². The van der Waals surface area contributed by atoms with Crippen molar-refractivity contribution in [1.29, 1.82) is 0 Å². The van der Waals surface area contributed by atoms with E-state index >= 15 is 0 Å². The van der Waals surface area contributed by atoms with Crippen LogP contribution in [-0.4, -0.2) is 45.9 Å². The van der Waals surface area contributed by atoms with Gasteiger partial charge in [-0.1, -0.05) is 24.3 Å². The molecular weight excluding hydrogens is 300 g/mol. The first-order valence-electron chi connectivity index (χ1n) is 9.12. The lowest BCUT2D eigenvalue weighted by atomic mass is 9.83. The Bertz CT molecular complexity index is 684. The highest BCUT2D eigenvalue weighted by atomic mass is 16.5. The SMILES string of the molecule is CCn1cnnc1[C@H]1CN(C[C@@H]2CCc3ccccc3C2)CCO1. The Labute approximate surface area is 143 Å². The van der Waals surface area contributed by atoms with Crippen molar-refractivity contribution in [1.82, 2.24) is 19.7 Å². The van der Waals surface area contributed by atoms with Gasteiger partial charge in [0.05, 0.1) is 6.61 Å². The molecule has 1 aliphatic carbocycles. The largest absolute Gasteiger partial charge is 0.368 e. The minimum absolute atomic E-state index is 0.0528. The summed E-state index contributed by atoms with van der Waals surface area (Å²) in [7, 11) is 0. The van der Waals surface area contributed by atoms with Crippen molar-refractivity contribution in [3.8, 4) is 0 Å². The fourth-order valence-corrected chi connectivity index (χ4v) is 4.08. The van der Waals surface area contributed by atoms with E-state index in [1.165, 1.54) is 19.3 Å². The van der Waals surface area contributed by atoms with Crippen LogP contribution >= 0.6 is 0 Å². The summed E-state index contributed by atoms with van der Waals surface area (Å²) in [5.74, 6) is 1.72. The van der Waals surface area contributed by atoms with Gasteiger partial charge in [0.1, 0.15) is 12.4 Å². The molecule has 128 valence electrons. The van der Waals surface area contributed by atoms with E-state index in [2.05, 4.69) is 50.9 Å². The average molecular weight is 326 g/mol. The molecule has 0 unspecified atom stereocenters. The van der Waals surface area contributed by atoms with Crippen molar-refractivity contribution in [3.05, 3.63) is 47.5 Å². The van der Waals surface area contributed by atoms with Gasteiger partial charge in [-0.2, -0.15) is 0 Å². The molecule has 2 aliphatic rings. The van der Waals surface area contributed by atoms with Crippen LogP contribution in [0.2, 0.25) is 0 Å². The molecule has 0 spiro atoms. The molecular formula is C19H26N4O. The van der Waals surface area contributed by atoms with Crippen molar-refractivity contribution in [2.24, 2.45) is 5.92 Å². The first-order valence-corrected chi connectivity index (χ1v) is 9.12. The molecule has 0 radical (unpaired) electrons. The number of fused-ring (bicyclic) bond motifs is 1. The number of rotatable bonds is 4. The summed E-state index contributed by atoms with van der Waals surface area (Å²) in [6.45, 7) is 6.90. The lowest BCUT2D eigenvalue weighted by Gasteiger charge is -2.36. The average Bonchev–Trinajstić information content (AvgIpc) is 3.11. The topological polar surface area (TPSA) is 43.2 Å². The molecule has 1 aliphatic heterocycles. The quantitative estimate of drug-likeness (QED) is 0.866. The number of benzene rings is 1. The molecule has 2 aromatic rings. The Morgan fingerprint density at radius 3 is 3.00 bits per heavy atom. The normalized spacial score (nSPS) is 24.7. The van der Waals surface area contributed by atoms with E-state index in [-0.39, 0.29) is 6.10 Å². The summed E-state index contributed by atoms with van der Waals surface area (Å²) in [6, 6.07) is 8.92. The standard InChI is InChI=1S/C19H26N4O/c1-2-23-14-20-21-19(23)18-13-22(9-10-24-18)12-15-7-8-16-5-3-4-6-17(16)11-15/h3-6,14-15,18H,2,7-13H2,1H3/t15-,18-/m1/s1. The van der Waals surface area contributed by atoms with Crippen molar-refractivity contribution in [3.63, 3.8) is 0 Å². The summed E-state index contributed by atoms with van der Waals surface area (Å²) >= 11 is 0. The number of aryl methyl sites for hydroxylation is 2. The minimum atomic E-state index is 0.0528. The van der Waals surface area contributed by atoms with Gasteiger partial charge in [-0.05, 0) is 43.2 Å². The summed E-state index contributed by atoms with van der Waals surface area (Å²) < 4.78 is 8.06. The molecule has 0 saturated carbocycles. The van der Waals surface area contributed by atoms with Crippen molar-refractivity contribution in [2.75, 3.05) is 26.2 Å². The Morgan fingerprint density at radius 1 is 1.25 bits per heavy atom. The molecule has 1 fully saturated rings. The Hall–Kier alpha value is -1.72. The molecule has 0 bridgehead atoms. The molecule has 2 heterocycles. The van der Waals surface area contributed by atoms with Crippen LogP contribution in [0.3, 0.4) is 0 Å². The summed E-state index contributed by atoms with van der Waals surface area (Å²) in [6.07, 6.45) is 5.58. The van der Waals surface area contributed by atoms with E-state index in [0.29, 0.717) is 0 Å². The van der Waals surface area contributed by atoms with E-state index < -0.39 is 0 Å². The molecule has 24 heavy (non-hydrogen) atoms. The zero-order valence-corrected chi connectivity index (χ0v) is 14.4. The summed E-state index contributed by atoms with van der Waals surface area (Å²) in [4.78, 5) is 2.56. The zero-order chi connectivity index (χ0) is 16.4. The van der Waals surface area contributed by atoms with Crippen LogP contribution in [-0.2, 0) is 24.1 Å². The highest BCUT2D eigenvalue weighted by molar-refractivity contribution is 5.29. The van der Waals surface area contributed by atoms with Crippen LogP contribution in [0, 0.1) is 5.92 Å². The molecule has 1 aromatic heterocycles. The van der Waals surface area contributed by atoms with Gasteiger partial charge in [-0.3, -0.25) is 4.90 Å². The lowest BCUT2D eigenvalue weighted by molar-refractivity contribution is -0.0408. The Balaban J connectivity index is 1.39. The third-order valence-corrected chi connectivity index (χ3v) is 5.39. The lowest BCUT2D eigenvalue weighted by Crippen LogP contribution is -2.42. The second kappa shape index (κ2) is 7.03. The molecule has 5 nitrogen and oxygen atoms in total. The molecule has 0 N–H and O–H groups in total. The maximum absolute atomic E-state index is 5.98. The Kier molecular flexibility index (Phi) is 4.63. The van der Waals surface area contributed by atoms with Crippen LogP contribution in [0.15, 0.2) is 30.6 Å². The van der Waals surface area contributed by atoms with Crippen molar-refractivity contribution < 1.29 is 4.74 Å². The number of hydrogen-bond acceptors (Lipinski definition) is 4. The van der Waals surface area contributed by atoms with E-state index in [1.54, 1.807) is 17.5 Å². The maximum atomic E-state index is 5.98. The summed E-state index contributed by atoms with van der Waals surface area (Å²) in [5.41, 5.74) is 3.09. The third kappa shape index (κ3) is 3.23. The number of nitrogens with zero attached hydrogens (tertiary/aromatic N) is 4. The van der Waals surface area contributed by atoms with E-state index in [1.807, 2.05) is 0 Å². The van der Waals surface area contributed by atoms with Crippen LogP contribution in [0.5, 0.6) is 0 Å². The van der Waals surface area contributed by atoms with E-state index in [0.717, 1.165) is 44.5 Å². The molecule has 5 heteroatoms. The predicted molar refractivity (Wildman–Crippen MR) is 92.8 cm³/mol. The zero-order valence-electron chi connectivity index (χ0n) is 14.4. The second-order valence-corrected chi connectivity index (χ2v) is 6.97. The summed E-state index contributed by atoms with van der Waals surface area (Å²) in [5, 5.41) is 8.33. The van der Waals surface area contributed by atoms with Gasteiger partial charge in [-0.25, -0.2) is 0 Å². The van der Waals surface area contributed by atoms with E-state index in [9.17, 15) is 0 Å². The third-order valence-electron chi connectivity index (χ3n) is 5.39. The molecule has 1 aromatic carbocycles. The van der Waals surface area contributed by atoms with Crippen LogP contribution in [0.4, 0.5) is 0 Å². The first-order chi connectivity index (χ1) is 11.8. The fourth-order valence-electron chi connectivity index (χ4n) is 4.08. The highest BCUT2D eigenvalue weighted by Crippen LogP contribution is 2.28. The van der Waals surface area contributed by atoms with Gasteiger partial charge >= 0.3 is 0 Å². The minimum Gasteiger partial charge on any atom is -0.368 e. The molecule has 4 rings (SSSR count). The second-order valence-electron chi connectivity index (χ2n) is 6.97. The van der Waals surface area contributed by atoms with Gasteiger partial charge in [0.2, 0.25) is 0 Å². The van der Waals surface area contributed by atoms with Gasteiger partial charge < -0.3 is 9.30 Å². The van der Waals surface area contributed by atoms with Crippen LogP contribution < -0.4 is 0 Å². The van der Waals surface area contributed by atoms with Gasteiger partial charge in [-0.15, -0.1) is 10.2 Å². The maximum Gasteiger partial charge on any atom is 0.163 e. The van der Waals surface area contributed by atoms with Gasteiger partial charge in [0, 0.05) is 26.2 Å². The Morgan fingerprint density at radius 2 is 2.12 bits per heavy atom. The van der Waals surface area contributed by atoms with E-state index in [4.69, 9.17) is 4.74 Å². The van der Waals surface area contributed by atoms with Gasteiger partial charge in [0.15, 0.2) is 5.82 Å². The molecule has 0 amide bonds. The number of hydrogen-bond donors (Lipinski definition) is 0. The molecule has 1 saturated heterocycles.